The molecule has 2 fully saturated rings. The van der Waals surface area contributed by atoms with E-state index in [0.717, 1.165) is 6.54 Å². The van der Waals surface area contributed by atoms with Gasteiger partial charge in [0.25, 0.3) is 0 Å². The molecule has 2 nitrogen and oxygen atoms in total. The molecule has 2 aliphatic heterocycles. The van der Waals surface area contributed by atoms with Crippen molar-refractivity contribution >= 4 is 11.8 Å². The summed E-state index contributed by atoms with van der Waals surface area (Å²) in [7, 11) is 0. The van der Waals surface area contributed by atoms with E-state index < -0.39 is 0 Å². The zero-order valence-corrected chi connectivity index (χ0v) is 13.9. The summed E-state index contributed by atoms with van der Waals surface area (Å²) in [5.41, 5.74) is 2.98. The number of thioether (sulfide) groups is 1. The van der Waals surface area contributed by atoms with E-state index in [1.807, 2.05) is 0 Å². The maximum atomic E-state index is 2.61. The van der Waals surface area contributed by atoms with Crippen LogP contribution >= 0.6 is 11.8 Å². The Morgan fingerprint density at radius 2 is 1.43 bits per heavy atom. The second kappa shape index (κ2) is 8.21. The first-order chi connectivity index (χ1) is 10.4. The van der Waals surface area contributed by atoms with Crippen molar-refractivity contribution in [2.75, 3.05) is 44.2 Å². The highest BCUT2D eigenvalue weighted by Gasteiger charge is 2.11. The van der Waals surface area contributed by atoms with Crippen LogP contribution in [0.4, 0.5) is 0 Å². The second-order valence-corrected chi connectivity index (χ2v) is 7.58. The Morgan fingerprint density at radius 1 is 0.762 bits per heavy atom. The largest absolute Gasteiger partial charge is 0.301 e. The van der Waals surface area contributed by atoms with E-state index in [-0.39, 0.29) is 0 Å². The molecular formula is C18H28N2S. The molecule has 0 bridgehead atoms. The molecule has 116 valence electrons. The molecule has 0 spiro atoms. The van der Waals surface area contributed by atoms with Crippen molar-refractivity contribution in [3.8, 4) is 0 Å². The summed E-state index contributed by atoms with van der Waals surface area (Å²) in [6.07, 6.45) is 5.39. The Bertz CT molecular complexity index is 406. The van der Waals surface area contributed by atoms with Crippen LogP contribution in [0.3, 0.4) is 0 Å². The molecule has 0 aliphatic carbocycles. The standard InChI is InChI=1S/C18H28N2S/c1-2-9-20(10-3-1)16-18-6-4-17(5-7-18)8-11-19-12-14-21-15-13-19/h4-7H,1-3,8-16H2. The Labute approximate surface area is 133 Å². The van der Waals surface area contributed by atoms with Gasteiger partial charge in [-0.25, -0.2) is 0 Å². The normalized spacial score (nSPS) is 21.5. The molecule has 2 heterocycles. The van der Waals surface area contributed by atoms with Gasteiger partial charge in [-0.2, -0.15) is 11.8 Å². The number of hydrogen-bond donors (Lipinski definition) is 0. The molecule has 0 aromatic heterocycles. The van der Waals surface area contributed by atoms with Crippen molar-refractivity contribution in [3.63, 3.8) is 0 Å². The lowest BCUT2D eigenvalue weighted by Gasteiger charge is -2.27. The smallest absolute Gasteiger partial charge is 0.0233 e. The average molecular weight is 305 g/mol. The molecule has 2 aliphatic rings. The van der Waals surface area contributed by atoms with E-state index in [1.165, 1.54) is 81.0 Å². The van der Waals surface area contributed by atoms with Crippen molar-refractivity contribution in [2.24, 2.45) is 0 Å². The summed E-state index contributed by atoms with van der Waals surface area (Å²) >= 11 is 2.09. The van der Waals surface area contributed by atoms with E-state index >= 15 is 0 Å². The molecule has 21 heavy (non-hydrogen) atoms. The van der Waals surface area contributed by atoms with E-state index in [0.29, 0.717) is 0 Å². The molecule has 1 aromatic carbocycles. The molecule has 2 saturated heterocycles. The van der Waals surface area contributed by atoms with Gasteiger partial charge in [0.05, 0.1) is 0 Å². The molecule has 0 atom stereocenters. The predicted octanol–water partition coefficient (Wildman–Crippen LogP) is 3.26. The second-order valence-electron chi connectivity index (χ2n) is 6.36. The Hall–Kier alpha value is -0.510. The number of rotatable bonds is 5. The van der Waals surface area contributed by atoms with Gasteiger partial charge in [-0.15, -0.1) is 0 Å². The van der Waals surface area contributed by atoms with Crippen LogP contribution in [0, 0.1) is 0 Å². The SMILES string of the molecule is c1cc(CN2CCCCC2)ccc1CCN1CCSCC1. The lowest BCUT2D eigenvalue weighted by Crippen LogP contribution is -2.34. The van der Waals surface area contributed by atoms with Crippen LogP contribution in [0.15, 0.2) is 24.3 Å². The highest BCUT2D eigenvalue weighted by molar-refractivity contribution is 7.99. The number of likely N-dealkylation sites (tertiary alicyclic amines) is 1. The minimum absolute atomic E-state index is 1.14. The van der Waals surface area contributed by atoms with Gasteiger partial charge < -0.3 is 4.90 Å². The number of piperidine rings is 1. The minimum atomic E-state index is 1.14. The first-order valence-corrected chi connectivity index (χ1v) is 9.66. The molecule has 0 unspecified atom stereocenters. The molecule has 1 aromatic rings. The third kappa shape index (κ3) is 5.01. The quantitative estimate of drug-likeness (QED) is 0.824. The molecule has 0 N–H and O–H groups in total. The first kappa shape index (κ1) is 15.4. The van der Waals surface area contributed by atoms with Crippen LogP contribution < -0.4 is 0 Å². The summed E-state index contributed by atoms with van der Waals surface area (Å²) < 4.78 is 0. The minimum Gasteiger partial charge on any atom is -0.301 e. The predicted molar refractivity (Wildman–Crippen MR) is 93.0 cm³/mol. The lowest BCUT2D eigenvalue weighted by atomic mass is 10.1. The molecule has 0 amide bonds. The topological polar surface area (TPSA) is 6.48 Å². The number of benzene rings is 1. The maximum Gasteiger partial charge on any atom is 0.0233 e. The van der Waals surface area contributed by atoms with Crippen molar-refractivity contribution in [2.45, 2.75) is 32.2 Å². The van der Waals surface area contributed by atoms with E-state index in [1.54, 1.807) is 0 Å². The van der Waals surface area contributed by atoms with Crippen LogP contribution in [-0.4, -0.2) is 54.0 Å². The molecular weight excluding hydrogens is 276 g/mol. The lowest BCUT2D eigenvalue weighted by molar-refractivity contribution is 0.221. The van der Waals surface area contributed by atoms with Gasteiger partial charge in [0.2, 0.25) is 0 Å². The number of nitrogens with zero attached hydrogens (tertiary/aromatic N) is 2. The number of hydrogen-bond acceptors (Lipinski definition) is 3. The van der Waals surface area contributed by atoms with Gasteiger partial charge in [-0.3, -0.25) is 4.90 Å². The third-order valence-electron chi connectivity index (χ3n) is 4.70. The van der Waals surface area contributed by atoms with Gasteiger partial charge >= 0.3 is 0 Å². The zero-order chi connectivity index (χ0) is 14.3. The van der Waals surface area contributed by atoms with Crippen molar-refractivity contribution < 1.29 is 0 Å². The van der Waals surface area contributed by atoms with Gasteiger partial charge in [0.1, 0.15) is 0 Å². The maximum absolute atomic E-state index is 2.61. The van der Waals surface area contributed by atoms with E-state index in [9.17, 15) is 0 Å². The van der Waals surface area contributed by atoms with Crippen molar-refractivity contribution in [1.82, 2.24) is 9.80 Å². The monoisotopic (exact) mass is 304 g/mol. The first-order valence-electron chi connectivity index (χ1n) is 8.50. The van der Waals surface area contributed by atoms with E-state index in [2.05, 4.69) is 45.8 Å². The fourth-order valence-corrected chi connectivity index (χ4v) is 4.28. The summed E-state index contributed by atoms with van der Waals surface area (Å²) in [6.45, 7) is 7.49. The highest BCUT2D eigenvalue weighted by Crippen LogP contribution is 2.14. The van der Waals surface area contributed by atoms with Gasteiger partial charge in [0.15, 0.2) is 0 Å². The zero-order valence-electron chi connectivity index (χ0n) is 13.1. The molecule has 0 saturated carbocycles. The van der Waals surface area contributed by atoms with E-state index in [4.69, 9.17) is 0 Å². The van der Waals surface area contributed by atoms with Crippen molar-refractivity contribution in [1.29, 1.82) is 0 Å². The summed E-state index contributed by atoms with van der Waals surface area (Å²) in [6, 6.07) is 9.38. The third-order valence-corrected chi connectivity index (χ3v) is 5.64. The van der Waals surface area contributed by atoms with Crippen molar-refractivity contribution in [3.05, 3.63) is 35.4 Å². The summed E-state index contributed by atoms with van der Waals surface area (Å²) in [5.74, 6) is 2.63. The van der Waals surface area contributed by atoms with Crippen LogP contribution in [0.1, 0.15) is 30.4 Å². The van der Waals surface area contributed by atoms with Crippen LogP contribution in [0.25, 0.3) is 0 Å². The molecule has 3 rings (SSSR count). The van der Waals surface area contributed by atoms with Crippen LogP contribution in [0.5, 0.6) is 0 Å². The Balaban J connectivity index is 1.44. The Morgan fingerprint density at radius 3 is 2.14 bits per heavy atom. The highest BCUT2D eigenvalue weighted by atomic mass is 32.2. The van der Waals surface area contributed by atoms with Crippen LogP contribution in [0.2, 0.25) is 0 Å². The van der Waals surface area contributed by atoms with Gasteiger partial charge in [0, 0.05) is 37.7 Å². The fraction of sp³-hybridized carbons (Fsp3) is 0.667. The molecule has 3 heteroatoms. The summed E-state index contributed by atoms with van der Waals surface area (Å²) in [5, 5.41) is 0. The fourth-order valence-electron chi connectivity index (χ4n) is 3.30. The van der Waals surface area contributed by atoms with Gasteiger partial charge in [-0.05, 0) is 43.5 Å². The summed E-state index contributed by atoms with van der Waals surface area (Å²) in [4.78, 5) is 5.21. The van der Waals surface area contributed by atoms with Gasteiger partial charge in [-0.1, -0.05) is 30.7 Å². The molecule has 0 radical (unpaired) electrons. The Kier molecular flexibility index (Phi) is 6.02. The average Bonchev–Trinajstić information content (AvgIpc) is 2.56. The van der Waals surface area contributed by atoms with Crippen LogP contribution in [-0.2, 0) is 13.0 Å².